The van der Waals surface area contributed by atoms with Gasteiger partial charge in [0.2, 0.25) is 0 Å². The summed E-state index contributed by atoms with van der Waals surface area (Å²) in [5.41, 5.74) is 14.3. The summed E-state index contributed by atoms with van der Waals surface area (Å²) in [4.78, 5) is 0. The Hall–Kier alpha value is -6.82. The molecule has 0 radical (unpaired) electrons. The van der Waals surface area contributed by atoms with E-state index in [1.807, 2.05) is 12.1 Å². The third-order valence-electron chi connectivity index (χ3n) is 10.0. The molecule has 0 atom stereocenters. The Labute approximate surface area is 290 Å². The van der Waals surface area contributed by atoms with Crippen LogP contribution in [0.2, 0.25) is 0 Å². The highest BCUT2D eigenvalue weighted by Gasteiger charge is 2.16. The number of hydrogen-bond donors (Lipinski definition) is 0. The third-order valence-corrected chi connectivity index (χ3v) is 10.0. The smallest absolute Gasteiger partial charge is 0.0552 e. The van der Waals surface area contributed by atoms with Crippen molar-refractivity contribution in [3.8, 4) is 44.8 Å². The molecular weight excluding hydrogens is 605 g/mol. The molecule has 0 amide bonds. The Morgan fingerprint density at radius 3 is 1.28 bits per heavy atom. The lowest BCUT2D eigenvalue weighted by Crippen LogP contribution is -1.94. The second-order valence-electron chi connectivity index (χ2n) is 12.9. The second-order valence-corrected chi connectivity index (χ2v) is 12.9. The van der Waals surface area contributed by atoms with E-state index in [0.717, 1.165) is 11.4 Å². The summed E-state index contributed by atoms with van der Waals surface area (Å²) >= 11 is 0. The average Bonchev–Trinajstić information content (AvgIpc) is 3.71. The number of benzene rings is 7. The maximum Gasteiger partial charge on any atom is 0.0552 e. The zero-order chi connectivity index (χ0) is 33.0. The Bertz CT molecular complexity index is 2820. The second kappa shape index (κ2) is 11.4. The molecule has 2 nitrogen and oxygen atoms in total. The highest BCUT2D eigenvalue weighted by Crippen LogP contribution is 2.38. The van der Waals surface area contributed by atoms with Gasteiger partial charge >= 0.3 is 0 Å². The summed E-state index contributed by atoms with van der Waals surface area (Å²) in [6.45, 7) is 0. The van der Waals surface area contributed by atoms with Crippen LogP contribution in [0.1, 0.15) is 0 Å². The number of nitrogens with zero attached hydrogens (tertiary/aromatic N) is 2. The highest BCUT2D eigenvalue weighted by molar-refractivity contribution is 6.12. The van der Waals surface area contributed by atoms with E-state index >= 15 is 0 Å². The molecule has 10 aromatic rings. The van der Waals surface area contributed by atoms with Gasteiger partial charge in [-0.1, -0.05) is 127 Å². The van der Waals surface area contributed by atoms with Gasteiger partial charge in [0.25, 0.3) is 0 Å². The molecule has 0 saturated carbocycles. The van der Waals surface area contributed by atoms with Gasteiger partial charge in [0.15, 0.2) is 0 Å². The van der Waals surface area contributed by atoms with E-state index in [0.29, 0.717) is 0 Å². The Morgan fingerprint density at radius 1 is 0.300 bits per heavy atom. The van der Waals surface area contributed by atoms with Crippen molar-refractivity contribution in [2.45, 2.75) is 0 Å². The molecule has 2 heteroatoms. The molecule has 50 heavy (non-hydrogen) atoms. The molecule has 0 aliphatic rings. The summed E-state index contributed by atoms with van der Waals surface area (Å²) in [6, 6.07) is 71.7. The normalized spacial score (nSPS) is 11.4. The minimum absolute atomic E-state index is 1.09. The Balaban J connectivity index is 1.05. The number of fused-ring (bicyclic) bond motifs is 6. The van der Waals surface area contributed by atoms with Crippen molar-refractivity contribution in [2.75, 3.05) is 0 Å². The minimum Gasteiger partial charge on any atom is -0.309 e. The Kier molecular flexibility index (Phi) is 6.44. The lowest BCUT2D eigenvalue weighted by molar-refractivity contribution is 1.18. The van der Waals surface area contributed by atoms with Gasteiger partial charge in [0.05, 0.1) is 27.8 Å². The van der Waals surface area contributed by atoms with Crippen LogP contribution in [0.15, 0.2) is 182 Å². The van der Waals surface area contributed by atoms with Crippen LogP contribution < -0.4 is 0 Å². The molecule has 0 fully saturated rings. The third kappa shape index (κ3) is 4.53. The van der Waals surface area contributed by atoms with Crippen molar-refractivity contribution >= 4 is 43.6 Å². The molecule has 2 aromatic heterocycles. The van der Waals surface area contributed by atoms with Gasteiger partial charge < -0.3 is 9.13 Å². The fourth-order valence-electron chi connectivity index (χ4n) is 7.63. The SMILES string of the molecule is c1ccc(-n2c3ccccc3c3cc(-c4ccc5c(c4)c4ccccc4n5-c4ccc(-c5ccc(-c6ccccc6)cc5)cc4)ccc32)cc#1. The van der Waals surface area contributed by atoms with Gasteiger partial charge in [-0.25, -0.2) is 0 Å². The maximum absolute atomic E-state index is 3.13. The van der Waals surface area contributed by atoms with Gasteiger partial charge in [-0.3, -0.25) is 0 Å². The Morgan fingerprint density at radius 2 is 0.740 bits per heavy atom. The van der Waals surface area contributed by atoms with Crippen LogP contribution in [-0.4, -0.2) is 9.13 Å². The van der Waals surface area contributed by atoms with E-state index in [1.54, 1.807) is 0 Å². The molecule has 232 valence electrons. The van der Waals surface area contributed by atoms with Gasteiger partial charge in [0.1, 0.15) is 0 Å². The van der Waals surface area contributed by atoms with Gasteiger partial charge in [-0.15, -0.1) is 0 Å². The molecule has 2 heterocycles. The minimum atomic E-state index is 1.09. The maximum atomic E-state index is 3.13. The van der Waals surface area contributed by atoms with Crippen LogP contribution in [0.25, 0.3) is 88.4 Å². The van der Waals surface area contributed by atoms with E-state index in [1.165, 1.54) is 77.0 Å². The zero-order valence-corrected chi connectivity index (χ0v) is 27.2. The lowest BCUT2D eigenvalue weighted by Gasteiger charge is -2.10. The van der Waals surface area contributed by atoms with Crippen molar-refractivity contribution < 1.29 is 0 Å². The average molecular weight is 635 g/mol. The molecule has 0 aliphatic carbocycles. The molecule has 10 rings (SSSR count). The van der Waals surface area contributed by atoms with Gasteiger partial charge in [0, 0.05) is 33.3 Å². The summed E-state index contributed by atoms with van der Waals surface area (Å²) in [5, 5.41) is 4.98. The molecule has 0 N–H and O–H groups in total. The van der Waals surface area contributed by atoms with Crippen LogP contribution in [0.3, 0.4) is 0 Å². The molecule has 0 saturated heterocycles. The van der Waals surface area contributed by atoms with Crippen molar-refractivity contribution in [2.24, 2.45) is 0 Å². The summed E-state index contributed by atoms with van der Waals surface area (Å²) in [7, 11) is 0. The van der Waals surface area contributed by atoms with Crippen LogP contribution in [0, 0.1) is 12.1 Å². The molecular formula is C48H30N2. The number of para-hydroxylation sites is 2. The van der Waals surface area contributed by atoms with E-state index < -0.39 is 0 Å². The topological polar surface area (TPSA) is 9.86 Å². The lowest BCUT2D eigenvalue weighted by atomic mass is 10.00. The van der Waals surface area contributed by atoms with Crippen LogP contribution >= 0.6 is 0 Å². The first-order chi connectivity index (χ1) is 24.8. The summed E-state index contributed by atoms with van der Waals surface area (Å²) in [6.07, 6.45) is 0. The van der Waals surface area contributed by atoms with E-state index in [9.17, 15) is 0 Å². The van der Waals surface area contributed by atoms with Crippen molar-refractivity contribution in [3.05, 3.63) is 194 Å². The van der Waals surface area contributed by atoms with Crippen LogP contribution in [0.5, 0.6) is 0 Å². The molecule has 8 aromatic carbocycles. The first kappa shape index (κ1) is 28.2. The van der Waals surface area contributed by atoms with E-state index in [-0.39, 0.29) is 0 Å². The van der Waals surface area contributed by atoms with E-state index in [4.69, 9.17) is 0 Å². The number of aromatic nitrogens is 2. The summed E-state index contributed by atoms with van der Waals surface area (Å²) < 4.78 is 4.71. The van der Waals surface area contributed by atoms with Crippen LogP contribution in [-0.2, 0) is 0 Å². The fraction of sp³-hybridized carbons (Fsp3) is 0. The fourth-order valence-corrected chi connectivity index (χ4v) is 7.63. The van der Waals surface area contributed by atoms with Gasteiger partial charge in [-0.05, 0) is 94.0 Å². The predicted molar refractivity (Wildman–Crippen MR) is 209 cm³/mol. The van der Waals surface area contributed by atoms with Crippen molar-refractivity contribution in [3.63, 3.8) is 0 Å². The molecule has 0 bridgehead atoms. The largest absolute Gasteiger partial charge is 0.309 e. The molecule has 0 aliphatic heterocycles. The quantitative estimate of drug-likeness (QED) is 0.178. The first-order valence-corrected chi connectivity index (χ1v) is 17.0. The monoisotopic (exact) mass is 634 g/mol. The van der Waals surface area contributed by atoms with Crippen molar-refractivity contribution in [1.82, 2.24) is 9.13 Å². The highest BCUT2D eigenvalue weighted by atomic mass is 15.0. The predicted octanol–water partition coefficient (Wildman–Crippen LogP) is 12.5. The standard InChI is InChI=1S/C48H30N2/c1-3-11-33(12-4-1)34-19-21-35(22-20-34)36-23-27-40(28-24-36)50-46-18-10-8-16-42(46)44-32-38(26-30-48(44)50)37-25-29-47-43(31-37)41-15-7-9-17-45(41)49(47)39-13-5-2-6-14-39/h1,3-5,7-32H. The van der Waals surface area contributed by atoms with Gasteiger partial charge in [-0.2, -0.15) is 0 Å². The molecule has 0 spiro atoms. The summed E-state index contributed by atoms with van der Waals surface area (Å²) in [5.74, 6) is 0. The first-order valence-electron chi connectivity index (χ1n) is 17.0. The number of rotatable bonds is 5. The van der Waals surface area contributed by atoms with E-state index in [2.05, 4.69) is 191 Å². The van der Waals surface area contributed by atoms with Crippen molar-refractivity contribution in [1.29, 1.82) is 0 Å². The zero-order valence-electron chi connectivity index (χ0n) is 27.2. The number of hydrogen-bond acceptors (Lipinski definition) is 0. The van der Waals surface area contributed by atoms with Crippen LogP contribution in [0.4, 0.5) is 0 Å². The molecule has 0 unspecified atom stereocenters.